The van der Waals surface area contributed by atoms with Gasteiger partial charge in [-0.05, 0) is 6.92 Å². The average Bonchev–Trinajstić information content (AvgIpc) is 2.81. The first-order valence-electron chi connectivity index (χ1n) is 6.52. The van der Waals surface area contributed by atoms with Gasteiger partial charge in [-0.25, -0.2) is 0 Å². The number of hydrogen-bond donors (Lipinski definition) is 1. The van der Waals surface area contributed by atoms with E-state index in [4.69, 9.17) is 16.3 Å². The summed E-state index contributed by atoms with van der Waals surface area (Å²) in [6.45, 7) is 7.35. The Balaban J connectivity index is 1.82. The van der Waals surface area contributed by atoms with E-state index in [1.54, 1.807) is 4.68 Å². The van der Waals surface area contributed by atoms with Gasteiger partial charge in [-0.2, -0.15) is 5.10 Å². The van der Waals surface area contributed by atoms with Crippen LogP contribution in [0.15, 0.2) is 6.20 Å². The van der Waals surface area contributed by atoms with E-state index in [0.717, 1.165) is 32.8 Å². The summed E-state index contributed by atoms with van der Waals surface area (Å²) in [4.78, 5) is 14.3. The molecular weight excluding hydrogens is 268 g/mol. The maximum Gasteiger partial charge on any atom is 0.271 e. The first-order valence-corrected chi connectivity index (χ1v) is 6.89. The fourth-order valence-corrected chi connectivity index (χ4v) is 2.29. The minimum absolute atomic E-state index is 0.169. The van der Waals surface area contributed by atoms with Gasteiger partial charge in [0.05, 0.1) is 24.4 Å². The van der Waals surface area contributed by atoms with Crippen molar-refractivity contribution in [1.29, 1.82) is 0 Å². The highest BCUT2D eigenvalue weighted by molar-refractivity contribution is 6.33. The highest BCUT2D eigenvalue weighted by atomic mass is 35.5. The highest BCUT2D eigenvalue weighted by Crippen LogP contribution is 2.14. The summed E-state index contributed by atoms with van der Waals surface area (Å²) in [5.41, 5.74) is 0.436. The second kappa shape index (κ2) is 6.88. The second-order valence-corrected chi connectivity index (χ2v) is 4.77. The van der Waals surface area contributed by atoms with E-state index in [1.165, 1.54) is 6.20 Å². The predicted octanol–water partition coefficient (Wildman–Crippen LogP) is 0.618. The van der Waals surface area contributed by atoms with Crippen LogP contribution in [0.1, 0.15) is 17.4 Å². The molecule has 6 nitrogen and oxygen atoms in total. The summed E-state index contributed by atoms with van der Waals surface area (Å²) in [5, 5.41) is 7.33. The molecule has 1 aliphatic heterocycles. The van der Waals surface area contributed by atoms with Gasteiger partial charge in [-0.1, -0.05) is 11.6 Å². The van der Waals surface area contributed by atoms with Crippen LogP contribution < -0.4 is 5.32 Å². The lowest BCUT2D eigenvalue weighted by Gasteiger charge is -2.26. The number of halogens is 1. The smallest absolute Gasteiger partial charge is 0.271 e. The van der Waals surface area contributed by atoms with Crippen LogP contribution in [0.25, 0.3) is 0 Å². The molecule has 0 unspecified atom stereocenters. The Labute approximate surface area is 117 Å². The third-order valence-corrected chi connectivity index (χ3v) is 3.40. The Hall–Kier alpha value is -1.11. The van der Waals surface area contributed by atoms with E-state index in [1.807, 2.05) is 6.92 Å². The van der Waals surface area contributed by atoms with Crippen LogP contribution >= 0.6 is 11.6 Å². The predicted molar refractivity (Wildman–Crippen MR) is 72.5 cm³/mol. The molecule has 1 aromatic rings. The van der Waals surface area contributed by atoms with Gasteiger partial charge >= 0.3 is 0 Å². The Kier molecular flexibility index (Phi) is 5.18. The van der Waals surface area contributed by atoms with E-state index >= 15 is 0 Å². The molecule has 0 saturated carbocycles. The van der Waals surface area contributed by atoms with Gasteiger partial charge in [-0.15, -0.1) is 0 Å². The zero-order valence-corrected chi connectivity index (χ0v) is 11.8. The van der Waals surface area contributed by atoms with Crippen LogP contribution in [0.5, 0.6) is 0 Å². The number of amides is 1. The minimum Gasteiger partial charge on any atom is -0.379 e. The number of rotatable bonds is 5. The molecule has 0 spiro atoms. The maximum atomic E-state index is 12.0. The molecule has 1 aromatic heterocycles. The van der Waals surface area contributed by atoms with Crippen molar-refractivity contribution in [1.82, 2.24) is 20.0 Å². The molecule has 1 amide bonds. The lowest BCUT2D eigenvalue weighted by molar-refractivity contribution is 0.0383. The van der Waals surface area contributed by atoms with Crippen molar-refractivity contribution in [2.75, 3.05) is 39.4 Å². The number of nitrogens with zero attached hydrogens (tertiary/aromatic N) is 3. The van der Waals surface area contributed by atoms with Gasteiger partial charge in [0, 0.05) is 32.7 Å². The third-order valence-electron chi connectivity index (χ3n) is 3.13. The number of aryl methyl sites for hydroxylation is 1. The van der Waals surface area contributed by atoms with Crippen LogP contribution in [-0.2, 0) is 11.3 Å². The lowest BCUT2D eigenvalue weighted by Crippen LogP contribution is -2.41. The zero-order chi connectivity index (χ0) is 13.7. The molecule has 0 atom stereocenters. The molecule has 2 heterocycles. The number of ether oxygens (including phenoxy) is 1. The van der Waals surface area contributed by atoms with E-state index in [-0.39, 0.29) is 5.91 Å². The second-order valence-electron chi connectivity index (χ2n) is 4.37. The molecule has 106 valence electrons. The number of hydrogen-bond acceptors (Lipinski definition) is 4. The van der Waals surface area contributed by atoms with Crippen molar-refractivity contribution < 1.29 is 9.53 Å². The molecule has 0 aromatic carbocycles. The van der Waals surface area contributed by atoms with Crippen molar-refractivity contribution in [3.05, 3.63) is 16.9 Å². The molecule has 1 saturated heterocycles. The van der Waals surface area contributed by atoms with Gasteiger partial charge in [0.25, 0.3) is 5.91 Å². The van der Waals surface area contributed by atoms with Crippen LogP contribution in [-0.4, -0.2) is 60.0 Å². The summed E-state index contributed by atoms with van der Waals surface area (Å²) < 4.78 is 6.88. The maximum absolute atomic E-state index is 12.0. The van der Waals surface area contributed by atoms with Crippen LogP contribution in [0, 0.1) is 0 Å². The SMILES string of the molecule is CCn1ncc(Cl)c1C(=O)NCCN1CCOCC1. The van der Waals surface area contributed by atoms with Crippen molar-refractivity contribution in [2.24, 2.45) is 0 Å². The van der Waals surface area contributed by atoms with E-state index < -0.39 is 0 Å². The molecule has 0 aliphatic carbocycles. The Bertz CT molecular complexity index is 429. The quantitative estimate of drug-likeness (QED) is 0.862. The largest absolute Gasteiger partial charge is 0.379 e. The van der Waals surface area contributed by atoms with Gasteiger partial charge in [0.15, 0.2) is 0 Å². The van der Waals surface area contributed by atoms with E-state index in [0.29, 0.717) is 23.8 Å². The first-order chi connectivity index (χ1) is 9.22. The van der Waals surface area contributed by atoms with Crippen molar-refractivity contribution in [3.63, 3.8) is 0 Å². The summed E-state index contributed by atoms with van der Waals surface area (Å²) >= 11 is 5.98. The standard InChI is InChI=1S/C12H19ClN4O2/c1-2-17-11(10(13)9-15-17)12(18)14-3-4-16-5-7-19-8-6-16/h9H,2-8H2,1H3,(H,14,18). The molecule has 0 bridgehead atoms. The molecular formula is C12H19ClN4O2. The third kappa shape index (κ3) is 3.68. The first kappa shape index (κ1) is 14.3. The fraction of sp³-hybridized carbons (Fsp3) is 0.667. The van der Waals surface area contributed by atoms with Crippen LogP contribution in [0.4, 0.5) is 0 Å². The van der Waals surface area contributed by atoms with Gasteiger partial charge in [0.2, 0.25) is 0 Å². The lowest BCUT2D eigenvalue weighted by atomic mass is 10.3. The van der Waals surface area contributed by atoms with Crippen molar-refractivity contribution >= 4 is 17.5 Å². The van der Waals surface area contributed by atoms with Gasteiger partial charge < -0.3 is 10.1 Å². The molecule has 1 N–H and O–H groups in total. The number of aromatic nitrogens is 2. The zero-order valence-electron chi connectivity index (χ0n) is 11.1. The molecule has 19 heavy (non-hydrogen) atoms. The van der Waals surface area contributed by atoms with E-state index in [9.17, 15) is 4.79 Å². The van der Waals surface area contributed by atoms with Crippen LogP contribution in [0.3, 0.4) is 0 Å². The number of carbonyl (C=O) groups excluding carboxylic acids is 1. The number of morpholine rings is 1. The van der Waals surface area contributed by atoms with Crippen molar-refractivity contribution in [3.8, 4) is 0 Å². The normalized spacial score (nSPS) is 16.5. The van der Waals surface area contributed by atoms with Gasteiger partial charge in [-0.3, -0.25) is 14.4 Å². The molecule has 0 radical (unpaired) electrons. The average molecular weight is 287 g/mol. The summed E-state index contributed by atoms with van der Waals surface area (Å²) in [5.74, 6) is -0.169. The topological polar surface area (TPSA) is 59.4 Å². The minimum atomic E-state index is -0.169. The molecule has 7 heteroatoms. The fourth-order valence-electron chi connectivity index (χ4n) is 2.06. The van der Waals surface area contributed by atoms with Gasteiger partial charge in [0.1, 0.15) is 5.69 Å². The molecule has 2 rings (SSSR count). The number of carbonyl (C=O) groups is 1. The van der Waals surface area contributed by atoms with Crippen molar-refractivity contribution in [2.45, 2.75) is 13.5 Å². The van der Waals surface area contributed by atoms with E-state index in [2.05, 4.69) is 15.3 Å². The van der Waals surface area contributed by atoms with Crippen LogP contribution in [0.2, 0.25) is 5.02 Å². The summed E-state index contributed by atoms with van der Waals surface area (Å²) in [7, 11) is 0. The Morgan fingerprint density at radius 1 is 1.53 bits per heavy atom. The molecule has 1 fully saturated rings. The Morgan fingerprint density at radius 3 is 2.95 bits per heavy atom. The molecule has 1 aliphatic rings. The highest BCUT2D eigenvalue weighted by Gasteiger charge is 2.17. The Morgan fingerprint density at radius 2 is 2.26 bits per heavy atom. The monoisotopic (exact) mass is 286 g/mol. The summed E-state index contributed by atoms with van der Waals surface area (Å²) in [6.07, 6.45) is 1.50. The number of nitrogens with one attached hydrogen (secondary N) is 1. The summed E-state index contributed by atoms with van der Waals surface area (Å²) in [6, 6.07) is 0.